The van der Waals surface area contributed by atoms with E-state index in [0.29, 0.717) is 17.8 Å². The van der Waals surface area contributed by atoms with Crippen LogP contribution in [0.4, 0.5) is 28.4 Å². The van der Waals surface area contributed by atoms with E-state index in [-0.39, 0.29) is 27.3 Å². The quantitative estimate of drug-likeness (QED) is 0.293. The summed E-state index contributed by atoms with van der Waals surface area (Å²) in [6.45, 7) is 7.44. The van der Waals surface area contributed by atoms with Crippen molar-refractivity contribution in [2.45, 2.75) is 27.2 Å². The third-order valence-corrected chi connectivity index (χ3v) is 4.95. The predicted molar refractivity (Wildman–Crippen MR) is 119 cm³/mol. The fourth-order valence-corrected chi connectivity index (χ4v) is 3.24. The van der Waals surface area contributed by atoms with Crippen LogP contribution in [0.1, 0.15) is 32.8 Å². The topological polar surface area (TPSA) is 124 Å². The molecule has 0 aliphatic heterocycles. The molecule has 0 aromatic heterocycles. The van der Waals surface area contributed by atoms with E-state index >= 15 is 0 Å². The average Bonchev–Trinajstić information content (AvgIpc) is 2.74. The van der Waals surface area contributed by atoms with Gasteiger partial charge in [-0.05, 0) is 48.0 Å². The maximum Gasteiger partial charge on any atom is 0.272 e. The van der Waals surface area contributed by atoms with Crippen LogP contribution >= 0.6 is 15.9 Å². The van der Waals surface area contributed by atoms with Crippen LogP contribution in [0.3, 0.4) is 0 Å². The highest BCUT2D eigenvalue weighted by atomic mass is 79.9. The largest absolute Gasteiger partial charge is 0.372 e. The fraction of sp³-hybridized carbons (Fsp3) is 0.300. The number of azo groups is 1. The Balaban J connectivity index is 2.51. The molecule has 0 aliphatic carbocycles. The lowest BCUT2D eigenvalue weighted by Crippen LogP contribution is -2.22. The number of nitro groups is 1. The van der Waals surface area contributed by atoms with E-state index in [1.807, 2.05) is 32.0 Å². The number of benzene rings is 2. The Hall–Kier alpha value is -3.32. The van der Waals surface area contributed by atoms with Crippen LogP contribution in [0.25, 0.3) is 0 Å². The van der Waals surface area contributed by atoms with E-state index in [4.69, 9.17) is 0 Å². The number of nitriles is 1. The van der Waals surface area contributed by atoms with Gasteiger partial charge in [0.25, 0.3) is 5.69 Å². The van der Waals surface area contributed by atoms with Gasteiger partial charge in [0.2, 0.25) is 5.91 Å². The minimum Gasteiger partial charge on any atom is -0.372 e. The third-order valence-electron chi connectivity index (χ3n) is 4.34. The monoisotopic (exact) mass is 472 g/mol. The maximum atomic E-state index is 12.0. The number of nitro benzene ring substituents is 1. The number of hydrogen-bond acceptors (Lipinski definition) is 7. The van der Waals surface area contributed by atoms with Gasteiger partial charge in [-0.3, -0.25) is 14.9 Å². The van der Waals surface area contributed by atoms with Crippen molar-refractivity contribution in [3.63, 3.8) is 0 Å². The summed E-state index contributed by atoms with van der Waals surface area (Å²) in [4.78, 5) is 24.5. The van der Waals surface area contributed by atoms with Crippen LogP contribution in [0.2, 0.25) is 0 Å². The molecular formula is C20H21BrN6O3. The van der Waals surface area contributed by atoms with Gasteiger partial charge >= 0.3 is 0 Å². The summed E-state index contributed by atoms with van der Waals surface area (Å²) in [6, 6.07) is 9.73. The van der Waals surface area contributed by atoms with Gasteiger partial charge in [-0.25, -0.2) is 0 Å². The van der Waals surface area contributed by atoms with Crippen molar-refractivity contribution in [1.82, 2.24) is 0 Å². The molecule has 1 N–H and O–H groups in total. The Morgan fingerprint density at radius 1 is 1.23 bits per heavy atom. The van der Waals surface area contributed by atoms with Crippen LogP contribution in [0, 0.1) is 21.4 Å². The van der Waals surface area contributed by atoms with Crippen molar-refractivity contribution < 1.29 is 9.72 Å². The second-order valence-corrected chi connectivity index (χ2v) is 7.02. The Morgan fingerprint density at radius 3 is 2.50 bits per heavy atom. The van der Waals surface area contributed by atoms with Crippen LogP contribution in [0.5, 0.6) is 0 Å². The highest BCUT2D eigenvalue weighted by Gasteiger charge is 2.16. The Labute approximate surface area is 182 Å². The van der Waals surface area contributed by atoms with Crippen LogP contribution in [-0.4, -0.2) is 23.9 Å². The van der Waals surface area contributed by atoms with Crippen molar-refractivity contribution in [3.05, 3.63) is 50.5 Å². The number of nitrogens with one attached hydrogen (secondary N) is 1. The summed E-state index contributed by atoms with van der Waals surface area (Å²) in [5.41, 5.74) is 1.78. The first-order chi connectivity index (χ1) is 14.3. The summed E-state index contributed by atoms with van der Waals surface area (Å²) < 4.78 is 0.274. The highest BCUT2D eigenvalue weighted by Crippen LogP contribution is 2.36. The number of carbonyl (C=O) groups excluding carboxylic acids is 1. The summed E-state index contributed by atoms with van der Waals surface area (Å²) in [6.07, 6.45) is 0.304. The van der Waals surface area contributed by atoms with Crippen molar-refractivity contribution in [3.8, 4) is 6.07 Å². The molecule has 0 unspecified atom stereocenters. The molecule has 30 heavy (non-hydrogen) atoms. The zero-order valence-electron chi connectivity index (χ0n) is 16.8. The SMILES string of the molecule is CCC(=O)Nc1cc(N(CC)CC)ccc1/N=N/c1c(Br)cc([N+](=O)[O-])cc1C#N. The molecule has 9 nitrogen and oxygen atoms in total. The molecule has 0 radical (unpaired) electrons. The molecular weight excluding hydrogens is 452 g/mol. The number of carbonyl (C=O) groups is 1. The van der Waals surface area contributed by atoms with Crippen molar-refractivity contribution in [2.24, 2.45) is 10.2 Å². The van der Waals surface area contributed by atoms with Gasteiger partial charge in [0.05, 0.1) is 20.6 Å². The summed E-state index contributed by atoms with van der Waals surface area (Å²) in [5.74, 6) is -0.169. The lowest BCUT2D eigenvalue weighted by molar-refractivity contribution is -0.384. The predicted octanol–water partition coefficient (Wildman–Crippen LogP) is 5.84. The van der Waals surface area contributed by atoms with E-state index in [9.17, 15) is 20.2 Å². The molecule has 0 atom stereocenters. The Kier molecular flexibility index (Phi) is 8.00. The second kappa shape index (κ2) is 10.5. The van der Waals surface area contributed by atoms with Gasteiger partial charge < -0.3 is 10.2 Å². The zero-order chi connectivity index (χ0) is 22.3. The molecule has 0 saturated carbocycles. The zero-order valence-corrected chi connectivity index (χ0v) is 18.4. The third kappa shape index (κ3) is 5.39. The summed E-state index contributed by atoms with van der Waals surface area (Å²) in [7, 11) is 0. The van der Waals surface area contributed by atoms with Crippen molar-refractivity contribution >= 4 is 50.3 Å². The lowest BCUT2D eigenvalue weighted by atomic mass is 10.2. The number of non-ortho nitro benzene ring substituents is 1. The van der Waals surface area contributed by atoms with Gasteiger partial charge in [-0.2, -0.15) is 5.26 Å². The molecule has 0 aliphatic rings. The Morgan fingerprint density at radius 2 is 1.93 bits per heavy atom. The number of nitrogens with zero attached hydrogens (tertiary/aromatic N) is 5. The summed E-state index contributed by atoms with van der Waals surface area (Å²) in [5, 5.41) is 31.5. The number of amides is 1. The van der Waals surface area contributed by atoms with E-state index in [1.54, 1.807) is 13.0 Å². The first-order valence-electron chi connectivity index (χ1n) is 9.33. The minimum atomic E-state index is -0.586. The van der Waals surface area contributed by atoms with Gasteiger partial charge in [-0.1, -0.05) is 6.92 Å². The first-order valence-corrected chi connectivity index (χ1v) is 10.1. The van der Waals surface area contributed by atoms with Gasteiger partial charge in [0, 0.05) is 37.3 Å². The number of anilines is 2. The van der Waals surface area contributed by atoms with E-state index in [0.717, 1.165) is 24.8 Å². The molecule has 0 fully saturated rings. The number of halogens is 1. The van der Waals surface area contributed by atoms with Crippen LogP contribution < -0.4 is 10.2 Å². The van der Waals surface area contributed by atoms with E-state index in [1.165, 1.54) is 6.07 Å². The first kappa shape index (κ1) is 23.0. The average molecular weight is 473 g/mol. The molecule has 1 amide bonds. The molecule has 2 aromatic carbocycles. The molecule has 0 spiro atoms. The second-order valence-electron chi connectivity index (χ2n) is 6.17. The van der Waals surface area contributed by atoms with Crippen LogP contribution in [0.15, 0.2) is 45.0 Å². The lowest BCUT2D eigenvalue weighted by Gasteiger charge is -2.22. The molecule has 0 bridgehead atoms. The van der Waals surface area contributed by atoms with Gasteiger partial charge in [0.1, 0.15) is 17.4 Å². The number of rotatable bonds is 8. The molecule has 2 aromatic rings. The smallest absolute Gasteiger partial charge is 0.272 e. The maximum absolute atomic E-state index is 12.0. The van der Waals surface area contributed by atoms with Crippen molar-refractivity contribution in [2.75, 3.05) is 23.3 Å². The fourth-order valence-electron chi connectivity index (χ4n) is 2.72. The van der Waals surface area contributed by atoms with E-state index < -0.39 is 4.92 Å². The molecule has 156 valence electrons. The molecule has 10 heteroatoms. The Bertz CT molecular complexity index is 1030. The van der Waals surface area contributed by atoms with E-state index in [2.05, 4.69) is 36.4 Å². The van der Waals surface area contributed by atoms with Crippen LogP contribution in [-0.2, 0) is 4.79 Å². The number of hydrogen-bond donors (Lipinski definition) is 1. The molecule has 0 saturated heterocycles. The summed E-state index contributed by atoms with van der Waals surface area (Å²) >= 11 is 3.21. The molecule has 2 rings (SSSR count). The van der Waals surface area contributed by atoms with Gasteiger partial charge in [-0.15, -0.1) is 10.2 Å². The minimum absolute atomic E-state index is 0.0127. The standard InChI is InChI=1S/C20H21BrN6O3/c1-4-19(28)23-18-11-14(26(5-2)6-3)7-8-17(18)24-25-20-13(12-22)9-15(27(29)30)10-16(20)21/h7-11H,4-6H2,1-3H3,(H,23,28)/b25-24+. The van der Waals surface area contributed by atoms with Gasteiger partial charge in [0.15, 0.2) is 0 Å². The normalized spacial score (nSPS) is 10.6. The molecule has 0 heterocycles. The van der Waals surface area contributed by atoms with Crippen molar-refractivity contribution in [1.29, 1.82) is 5.26 Å². The highest BCUT2D eigenvalue weighted by molar-refractivity contribution is 9.10.